The number of rotatable bonds is 9. The Labute approximate surface area is 122 Å². The molecule has 1 aromatic carbocycles. The SMILES string of the molecule is COCCCC(=O)NCCCc1ccc(N(C)C)cc1. The minimum Gasteiger partial charge on any atom is -0.385 e. The van der Waals surface area contributed by atoms with E-state index in [2.05, 4.69) is 34.5 Å². The summed E-state index contributed by atoms with van der Waals surface area (Å²) < 4.78 is 4.92. The second-order valence-corrected chi connectivity index (χ2v) is 5.11. The van der Waals surface area contributed by atoms with E-state index in [1.165, 1.54) is 11.3 Å². The van der Waals surface area contributed by atoms with Crippen LogP contribution in [0.25, 0.3) is 0 Å². The molecule has 0 radical (unpaired) electrons. The molecule has 0 aliphatic carbocycles. The minimum absolute atomic E-state index is 0.116. The largest absolute Gasteiger partial charge is 0.385 e. The maximum Gasteiger partial charge on any atom is 0.220 e. The van der Waals surface area contributed by atoms with E-state index < -0.39 is 0 Å². The van der Waals surface area contributed by atoms with Crippen LogP contribution in [0.4, 0.5) is 5.69 Å². The average molecular weight is 278 g/mol. The van der Waals surface area contributed by atoms with Crippen LogP contribution in [0.1, 0.15) is 24.8 Å². The standard InChI is InChI=1S/C16H26N2O2/c1-18(2)15-10-8-14(9-11-15)6-4-12-17-16(19)7-5-13-20-3/h8-11H,4-7,12-13H2,1-3H3,(H,17,19). The summed E-state index contributed by atoms with van der Waals surface area (Å²) in [6.45, 7) is 1.38. The van der Waals surface area contributed by atoms with Gasteiger partial charge in [-0.2, -0.15) is 0 Å². The van der Waals surface area contributed by atoms with Crippen molar-refractivity contribution in [3.05, 3.63) is 29.8 Å². The summed E-state index contributed by atoms with van der Waals surface area (Å²) >= 11 is 0. The van der Waals surface area contributed by atoms with Gasteiger partial charge < -0.3 is 15.0 Å². The number of hydrogen-bond acceptors (Lipinski definition) is 3. The van der Waals surface area contributed by atoms with Gasteiger partial charge in [0.2, 0.25) is 5.91 Å². The molecule has 0 bridgehead atoms. The van der Waals surface area contributed by atoms with E-state index in [4.69, 9.17) is 4.74 Å². The molecular formula is C16H26N2O2. The summed E-state index contributed by atoms with van der Waals surface area (Å²) in [4.78, 5) is 13.6. The number of benzene rings is 1. The summed E-state index contributed by atoms with van der Waals surface area (Å²) in [6, 6.07) is 8.54. The van der Waals surface area contributed by atoms with E-state index >= 15 is 0 Å². The normalized spacial score (nSPS) is 10.3. The maximum absolute atomic E-state index is 11.5. The molecule has 0 spiro atoms. The number of hydrogen-bond donors (Lipinski definition) is 1. The predicted molar refractivity (Wildman–Crippen MR) is 83.2 cm³/mol. The number of nitrogens with zero attached hydrogens (tertiary/aromatic N) is 1. The third kappa shape index (κ3) is 6.57. The Morgan fingerprint density at radius 1 is 1.20 bits per heavy atom. The Morgan fingerprint density at radius 3 is 2.50 bits per heavy atom. The number of amides is 1. The van der Waals surface area contributed by atoms with E-state index in [1.54, 1.807) is 7.11 Å². The molecular weight excluding hydrogens is 252 g/mol. The highest BCUT2D eigenvalue weighted by Crippen LogP contribution is 2.13. The topological polar surface area (TPSA) is 41.6 Å². The quantitative estimate of drug-likeness (QED) is 0.704. The molecule has 0 fully saturated rings. The van der Waals surface area contributed by atoms with Crippen LogP contribution < -0.4 is 10.2 Å². The van der Waals surface area contributed by atoms with Crippen LogP contribution in [0.3, 0.4) is 0 Å². The molecule has 1 N–H and O–H groups in total. The van der Waals surface area contributed by atoms with Gasteiger partial charge in [-0.05, 0) is 37.0 Å². The average Bonchev–Trinajstić information content (AvgIpc) is 2.44. The Hall–Kier alpha value is -1.55. The lowest BCUT2D eigenvalue weighted by Crippen LogP contribution is -2.24. The number of methoxy groups -OCH3 is 1. The molecule has 4 heteroatoms. The molecule has 4 nitrogen and oxygen atoms in total. The van der Waals surface area contributed by atoms with Crippen LogP contribution in [-0.4, -0.2) is 40.3 Å². The summed E-state index contributed by atoms with van der Waals surface area (Å²) in [5, 5.41) is 2.94. The van der Waals surface area contributed by atoms with Gasteiger partial charge >= 0.3 is 0 Å². The molecule has 0 saturated carbocycles. The molecule has 0 aliphatic rings. The first-order valence-corrected chi connectivity index (χ1v) is 7.15. The number of anilines is 1. The molecule has 1 aromatic rings. The first-order valence-electron chi connectivity index (χ1n) is 7.15. The van der Waals surface area contributed by atoms with Crippen molar-refractivity contribution in [1.82, 2.24) is 5.32 Å². The van der Waals surface area contributed by atoms with Crippen LogP contribution in [0, 0.1) is 0 Å². The number of carbonyl (C=O) groups excluding carboxylic acids is 1. The smallest absolute Gasteiger partial charge is 0.220 e. The zero-order valence-corrected chi connectivity index (χ0v) is 12.8. The number of nitrogens with one attached hydrogen (secondary N) is 1. The van der Waals surface area contributed by atoms with Crippen molar-refractivity contribution >= 4 is 11.6 Å². The Kier molecular flexibility index (Phi) is 7.73. The lowest BCUT2D eigenvalue weighted by atomic mass is 10.1. The summed E-state index contributed by atoms with van der Waals surface area (Å²) in [7, 11) is 5.72. The van der Waals surface area contributed by atoms with E-state index in [0.29, 0.717) is 13.0 Å². The first-order chi connectivity index (χ1) is 9.63. The number of aryl methyl sites for hydroxylation is 1. The zero-order chi connectivity index (χ0) is 14.8. The first kappa shape index (κ1) is 16.5. The number of carbonyl (C=O) groups is 1. The summed E-state index contributed by atoms with van der Waals surface area (Å²) in [5.41, 5.74) is 2.52. The third-order valence-electron chi connectivity index (χ3n) is 3.17. The molecule has 0 heterocycles. The fourth-order valence-corrected chi connectivity index (χ4v) is 1.95. The van der Waals surface area contributed by atoms with E-state index in [9.17, 15) is 4.79 Å². The van der Waals surface area contributed by atoms with E-state index in [-0.39, 0.29) is 5.91 Å². The molecule has 0 aliphatic heterocycles. The maximum atomic E-state index is 11.5. The van der Waals surface area contributed by atoms with Gasteiger partial charge in [-0.1, -0.05) is 12.1 Å². The molecule has 0 atom stereocenters. The Morgan fingerprint density at radius 2 is 1.90 bits per heavy atom. The Bertz CT molecular complexity index is 388. The van der Waals surface area contributed by atoms with Crippen molar-refractivity contribution < 1.29 is 9.53 Å². The fraction of sp³-hybridized carbons (Fsp3) is 0.562. The Balaban J connectivity index is 2.16. The van der Waals surface area contributed by atoms with Gasteiger partial charge in [0.1, 0.15) is 0 Å². The molecule has 112 valence electrons. The lowest BCUT2D eigenvalue weighted by molar-refractivity contribution is -0.121. The molecule has 0 aromatic heterocycles. The van der Waals surface area contributed by atoms with Gasteiger partial charge in [-0.25, -0.2) is 0 Å². The van der Waals surface area contributed by atoms with Crippen LogP contribution in [0.15, 0.2) is 24.3 Å². The molecule has 1 rings (SSSR count). The molecule has 1 amide bonds. The van der Waals surface area contributed by atoms with Crippen molar-refractivity contribution in [2.45, 2.75) is 25.7 Å². The second kappa shape index (κ2) is 9.37. The molecule has 0 unspecified atom stereocenters. The summed E-state index contributed by atoms with van der Waals surface area (Å²) in [6.07, 6.45) is 3.29. The molecule has 0 saturated heterocycles. The van der Waals surface area contributed by atoms with Crippen molar-refractivity contribution in [3.8, 4) is 0 Å². The molecule has 20 heavy (non-hydrogen) atoms. The van der Waals surface area contributed by atoms with Gasteiger partial charge in [0.25, 0.3) is 0 Å². The van der Waals surface area contributed by atoms with E-state index in [0.717, 1.165) is 25.8 Å². The zero-order valence-electron chi connectivity index (χ0n) is 12.8. The minimum atomic E-state index is 0.116. The van der Waals surface area contributed by atoms with Crippen LogP contribution in [0.2, 0.25) is 0 Å². The highest BCUT2D eigenvalue weighted by Gasteiger charge is 2.01. The van der Waals surface area contributed by atoms with Crippen molar-refractivity contribution in [3.63, 3.8) is 0 Å². The van der Waals surface area contributed by atoms with Crippen LogP contribution in [0.5, 0.6) is 0 Å². The van der Waals surface area contributed by atoms with Crippen molar-refractivity contribution in [2.24, 2.45) is 0 Å². The van der Waals surface area contributed by atoms with E-state index in [1.807, 2.05) is 14.1 Å². The fourth-order valence-electron chi connectivity index (χ4n) is 1.95. The van der Waals surface area contributed by atoms with Gasteiger partial charge in [0, 0.05) is 46.5 Å². The van der Waals surface area contributed by atoms with Gasteiger partial charge in [-0.3, -0.25) is 4.79 Å². The van der Waals surface area contributed by atoms with Gasteiger partial charge in [-0.15, -0.1) is 0 Å². The third-order valence-corrected chi connectivity index (χ3v) is 3.17. The highest BCUT2D eigenvalue weighted by molar-refractivity contribution is 5.75. The summed E-state index contributed by atoms with van der Waals surface area (Å²) in [5.74, 6) is 0.116. The second-order valence-electron chi connectivity index (χ2n) is 5.11. The monoisotopic (exact) mass is 278 g/mol. The highest BCUT2D eigenvalue weighted by atomic mass is 16.5. The van der Waals surface area contributed by atoms with Crippen molar-refractivity contribution in [1.29, 1.82) is 0 Å². The number of ether oxygens (including phenoxy) is 1. The van der Waals surface area contributed by atoms with Gasteiger partial charge in [0.05, 0.1) is 0 Å². The predicted octanol–water partition coefficient (Wildman–Crippen LogP) is 2.23. The van der Waals surface area contributed by atoms with Crippen LogP contribution >= 0.6 is 0 Å². The van der Waals surface area contributed by atoms with Crippen LogP contribution in [-0.2, 0) is 16.0 Å². The lowest BCUT2D eigenvalue weighted by Gasteiger charge is -2.12. The van der Waals surface area contributed by atoms with Gasteiger partial charge in [0.15, 0.2) is 0 Å². The van der Waals surface area contributed by atoms with Crippen molar-refractivity contribution in [2.75, 3.05) is 39.3 Å².